The normalized spacial score (nSPS) is 22.6. The van der Waals surface area contributed by atoms with E-state index in [1.54, 1.807) is 0 Å². The second-order valence-corrected chi connectivity index (χ2v) is 6.26. The number of fused-ring (bicyclic) bond motifs is 3. The van der Waals surface area contributed by atoms with Crippen LogP contribution in [0.5, 0.6) is 11.5 Å². The van der Waals surface area contributed by atoms with Gasteiger partial charge in [0.1, 0.15) is 5.78 Å². The molecule has 0 atom stereocenters. The average Bonchev–Trinajstić information content (AvgIpc) is 2.95. The number of halogens is 1. The molecule has 1 heterocycles. The van der Waals surface area contributed by atoms with Crippen molar-refractivity contribution in [3.8, 4) is 11.5 Å². The van der Waals surface area contributed by atoms with Gasteiger partial charge in [-0.2, -0.15) is 0 Å². The third kappa shape index (κ3) is 1.52. The van der Waals surface area contributed by atoms with Crippen LogP contribution in [0.4, 0.5) is 0 Å². The number of benzene rings is 1. The van der Waals surface area contributed by atoms with Crippen molar-refractivity contribution in [2.45, 2.75) is 31.1 Å². The molecule has 1 saturated carbocycles. The molecule has 1 spiro atoms. The Morgan fingerprint density at radius 2 is 1.79 bits per heavy atom. The van der Waals surface area contributed by atoms with Crippen molar-refractivity contribution in [1.29, 1.82) is 0 Å². The van der Waals surface area contributed by atoms with Crippen LogP contribution < -0.4 is 9.47 Å². The summed E-state index contributed by atoms with van der Waals surface area (Å²) in [6.45, 7) is 0.300. The van der Waals surface area contributed by atoms with E-state index in [2.05, 4.69) is 28.1 Å². The zero-order valence-electron chi connectivity index (χ0n) is 10.4. The van der Waals surface area contributed by atoms with Crippen LogP contribution in [0.15, 0.2) is 16.6 Å². The molecule has 19 heavy (non-hydrogen) atoms. The van der Waals surface area contributed by atoms with Gasteiger partial charge in [0.15, 0.2) is 11.5 Å². The molecule has 4 heteroatoms. The fourth-order valence-corrected chi connectivity index (χ4v) is 4.22. The maximum Gasteiger partial charge on any atom is 0.231 e. The van der Waals surface area contributed by atoms with Gasteiger partial charge in [-0.1, -0.05) is 15.9 Å². The lowest BCUT2D eigenvalue weighted by Gasteiger charge is -2.35. The minimum atomic E-state index is -0.0236. The Morgan fingerprint density at radius 1 is 1.11 bits per heavy atom. The van der Waals surface area contributed by atoms with E-state index in [0.717, 1.165) is 24.3 Å². The summed E-state index contributed by atoms with van der Waals surface area (Å²) >= 11 is 3.71. The lowest BCUT2D eigenvalue weighted by Crippen LogP contribution is -2.30. The summed E-state index contributed by atoms with van der Waals surface area (Å²) in [5, 5.41) is 0. The van der Waals surface area contributed by atoms with E-state index >= 15 is 0 Å². The van der Waals surface area contributed by atoms with Crippen molar-refractivity contribution >= 4 is 27.8 Å². The monoisotopic (exact) mass is 320 g/mol. The number of carbonyl (C=O) groups is 1. The summed E-state index contributed by atoms with van der Waals surface area (Å²) in [6, 6.07) is 4.14. The number of allylic oxidation sites excluding steroid dienone is 1. The van der Waals surface area contributed by atoms with Crippen LogP contribution in [0.25, 0.3) is 6.08 Å². The van der Waals surface area contributed by atoms with Crippen LogP contribution in [0, 0.1) is 0 Å². The zero-order valence-corrected chi connectivity index (χ0v) is 12.0. The van der Waals surface area contributed by atoms with Crippen molar-refractivity contribution in [2.24, 2.45) is 0 Å². The van der Waals surface area contributed by atoms with E-state index in [-0.39, 0.29) is 5.41 Å². The smallest absolute Gasteiger partial charge is 0.231 e. The van der Waals surface area contributed by atoms with Crippen LogP contribution >= 0.6 is 15.9 Å². The Labute approximate surface area is 119 Å². The van der Waals surface area contributed by atoms with Gasteiger partial charge in [0.25, 0.3) is 0 Å². The molecule has 0 bridgehead atoms. The van der Waals surface area contributed by atoms with Crippen LogP contribution in [-0.4, -0.2) is 12.6 Å². The third-order valence-corrected chi connectivity index (χ3v) is 5.45. The van der Waals surface area contributed by atoms with E-state index in [9.17, 15) is 4.79 Å². The van der Waals surface area contributed by atoms with Gasteiger partial charge in [-0.3, -0.25) is 4.79 Å². The molecule has 0 amide bonds. The zero-order chi connectivity index (χ0) is 13.0. The van der Waals surface area contributed by atoms with Gasteiger partial charge < -0.3 is 9.47 Å². The summed E-state index contributed by atoms with van der Waals surface area (Å²) in [7, 11) is 0. The second kappa shape index (κ2) is 3.85. The predicted octanol–water partition coefficient (Wildman–Crippen LogP) is 3.55. The number of hydrogen-bond donors (Lipinski definition) is 0. The Kier molecular flexibility index (Phi) is 2.34. The molecule has 0 saturated heterocycles. The summed E-state index contributed by atoms with van der Waals surface area (Å²) < 4.78 is 12.1. The highest BCUT2D eigenvalue weighted by Crippen LogP contribution is 2.55. The molecule has 3 nitrogen and oxygen atoms in total. The van der Waals surface area contributed by atoms with E-state index in [4.69, 9.17) is 9.47 Å². The molecule has 1 fully saturated rings. The van der Waals surface area contributed by atoms with Gasteiger partial charge in [-0.15, -0.1) is 0 Å². The quantitative estimate of drug-likeness (QED) is 0.733. The maximum atomic E-state index is 11.5. The van der Waals surface area contributed by atoms with Crippen LogP contribution in [0.1, 0.15) is 36.8 Å². The second-order valence-electron chi connectivity index (χ2n) is 5.41. The van der Waals surface area contributed by atoms with E-state index in [1.807, 2.05) is 6.07 Å². The minimum Gasteiger partial charge on any atom is -0.454 e. The maximum absolute atomic E-state index is 11.5. The molecule has 98 valence electrons. The first-order valence-electron chi connectivity index (χ1n) is 6.52. The lowest BCUT2D eigenvalue weighted by molar-refractivity contribution is -0.121. The van der Waals surface area contributed by atoms with E-state index in [0.29, 0.717) is 25.4 Å². The molecular weight excluding hydrogens is 308 g/mol. The van der Waals surface area contributed by atoms with Crippen LogP contribution in [0.3, 0.4) is 0 Å². The minimum absolute atomic E-state index is 0.0236. The molecule has 0 aromatic heterocycles. The van der Waals surface area contributed by atoms with Gasteiger partial charge in [0, 0.05) is 22.7 Å². The highest BCUT2D eigenvalue weighted by atomic mass is 79.9. The van der Waals surface area contributed by atoms with Gasteiger partial charge in [0.2, 0.25) is 6.79 Å². The van der Waals surface area contributed by atoms with Crippen LogP contribution in [0.2, 0.25) is 0 Å². The van der Waals surface area contributed by atoms with Crippen LogP contribution in [-0.2, 0) is 10.2 Å². The lowest BCUT2D eigenvalue weighted by atomic mass is 9.70. The number of ketones is 1. The van der Waals surface area contributed by atoms with Crippen molar-refractivity contribution in [3.05, 3.63) is 27.7 Å². The number of hydrogen-bond acceptors (Lipinski definition) is 3. The SMILES string of the molecule is O=C1CCC2(CC1)C(Br)=Cc1cc3c(cc12)OCO3. The fourth-order valence-electron chi connectivity index (χ4n) is 3.36. The Balaban J connectivity index is 1.84. The van der Waals surface area contributed by atoms with Crippen molar-refractivity contribution in [3.63, 3.8) is 0 Å². The predicted molar refractivity (Wildman–Crippen MR) is 74.6 cm³/mol. The number of carbonyl (C=O) groups excluding carboxylic acids is 1. The Bertz CT molecular complexity index is 608. The van der Waals surface area contributed by atoms with Gasteiger partial charge in [-0.25, -0.2) is 0 Å². The largest absolute Gasteiger partial charge is 0.454 e. The highest BCUT2D eigenvalue weighted by Gasteiger charge is 2.44. The third-order valence-electron chi connectivity index (χ3n) is 4.46. The van der Waals surface area contributed by atoms with Crippen molar-refractivity contribution < 1.29 is 14.3 Å². The van der Waals surface area contributed by atoms with E-state index < -0.39 is 0 Å². The molecular formula is C15H13BrO3. The molecule has 2 aliphatic carbocycles. The fraction of sp³-hybridized carbons (Fsp3) is 0.400. The molecule has 1 aromatic carbocycles. The van der Waals surface area contributed by atoms with Crippen molar-refractivity contribution in [1.82, 2.24) is 0 Å². The molecule has 0 radical (unpaired) electrons. The molecule has 0 unspecified atom stereocenters. The first-order chi connectivity index (χ1) is 9.19. The number of Topliss-reactive ketones (excluding diaryl/α,β-unsaturated/α-hetero) is 1. The first kappa shape index (κ1) is 11.5. The molecule has 1 aromatic rings. The van der Waals surface area contributed by atoms with Crippen molar-refractivity contribution in [2.75, 3.05) is 6.79 Å². The van der Waals surface area contributed by atoms with Gasteiger partial charge >= 0.3 is 0 Å². The number of ether oxygens (including phenoxy) is 2. The standard InChI is InChI=1S/C15H13BrO3/c16-14-6-9-5-12-13(19-8-18-12)7-11(9)15(14)3-1-10(17)2-4-15/h5-7H,1-4,8H2. The topological polar surface area (TPSA) is 35.5 Å². The molecule has 4 rings (SSSR count). The summed E-state index contributed by atoms with van der Waals surface area (Å²) in [5.41, 5.74) is 2.44. The number of rotatable bonds is 0. The summed E-state index contributed by atoms with van der Waals surface area (Å²) in [6.07, 6.45) is 5.26. The Hall–Kier alpha value is -1.29. The van der Waals surface area contributed by atoms with Gasteiger partial charge in [-0.05, 0) is 42.2 Å². The summed E-state index contributed by atoms with van der Waals surface area (Å²) in [5.74, 6) is 2.02. The molecule has 0 N–H and O–H groups in total. The Morgan fingerprint density at radius 3 is 2.53 bits per heavy atom. The first-order valence-corrected chi connectivity index (χ1v) is 7.32. The highest BCUT2D eigenvalue weighted by molar-refractivity contribution is 9.11. The molecule has 1 aliphatic heterocycles. The summed E-state index contributed by atoms with van der Waals surface area (Å²) in [4.78, 5) is 11.5. The van der Waals surface area contributed by atoms with Gasteiger partial charge in [0.05, 0.1) is 0 Å². The average molecular weight is 321 g/mol. The molecule has 3 aliphatic rings. The van der Waals surface area contributed by atoms with E-state index in [1.165, 1.54) is 15.6 Å².